The molecule has 0 aliphatic carbocycles. The number of fused-ring (bicyclic) bond motifs is 1. The SMILES string of the molecule is C=CCNc1ncnc2c1ncn2[C@H]1CC(N=[N+]=[N-])[C@@H](CO)O1. The highest BCUT2D eigenvalue weighted by Gasteiger charge is 2.36. The van der Waals surface area contributed by atoms with Crippen molar-refractivity contribution in [2.24, 2.45) is 5.11 Å². The Morgan fingerprint density at radius 1 is 1.57 bits per heavy atom. The van der Waals surface area contributed by atoms with Crippen LogP contribution in [0.1, 0.15) is 12.6 Å². The van der Waals surface area contributed by atoms with Crippen LogP contribution in [-0.2, 0) is 4.74 Å². The van der Waals surface area contributed by atoms with Crippen molar-refractivity contribution in [3.05, 3.63) is 35.8 Å². The Morgan fingerprint density at radius 2 is 2.43 bits per heavy atom. The van der Waals surface area contributed by atoms with Crippen molar-refractivity contribution in [1.82, 2.24) is 19.5 Å². The molecule has 0 bridgehead atoms. The molecule has 1 aliphatic rings. The first-order valence-electron chi connectivity index (χ1n) is 7.11. The van der Waals surface area contributed by atoms with Crippen LogP contribution in [0.5, 0.6) is 0 Å². The van der Waals surface area contributed by atoms with Gasteiger partial charge < -0.3 is 15.2 Å². The minimum atomic E-state index is -0.534. The van der Waals surface area contributed by atoms with E-state index < -0.39 is 18.4 Å². The monoisotopic (exact) mass is 316 g/mol. The lowest BCUT2D eigenvalue weighted by atomic mass is 10.1. The third-order valence-electron chi connectivity index (χ3n) is 3.67. The first-order chi connectivity index (χ1) is 11.3. The Morgan fingerprint density at radius 3 is 3.17 bits per heavy atom. The first kappa shape index (κ1) is 15.2. The van der Waals surface area contributed by atoms with Crippen molar-refractivity contribution >= 4 is 17.0 Å². The van der Waals surface area contributed by atoms with Gasteiger partial charge in [0.25, 0.3) is 0 Å². The molecule has 120 valence electrons. The normalized spacial score (nSPS) is 23.6. The molecule has 1 unspecified atom stereocenters. The first-order valence-corrected chi connectivity index (χ1v) is 7.11. The zero-order chi connectivity index (χ0) is 16.2. The highest BCUT2D eigenvalue weighted by Crippen LogP contribution is 2.33. The van der Waals surface area contributed by atoms with Gasteiger partial charge >= 0.3 is 0 Å². The molecule has 3 atom stereocenters. The Kier molecular flexibility index (Phi) is 4.38. The van der Waals surface area contributed by atoms with Crippen molar-refractivity contribution in [1.29, 1.82) is 0 Å². The molecule has 3 heterocycles. The molecule has 0 radical (unpaired) electrons. The van der Waals surface area contributed by atoms with Gasteiger partial charge in [0, 0.05) is 17.9 Å². The van der Waals surface area contributed by atoms with Gasteiger partial charge in [0.05, 0.1) is 25.1 Å². The van der Waals surface area contributed by atoms with Gasteiger partial charge in [-0.25, -0.2) is 15.0 Å². The van der Waals surface area contributed by atoms with Crippen molar-refractivity contribution < 1.29 is 9.84 Å². The summed E-state index contributed by atoms with van der Waals surface area (Å²) in [5.41, 5.74) is 9.84. The minimum Gasteiger partial charge on any atom is -0.394 e. The fourth-order valence-corrected chi connectivity index (χ4v) is 2.60. The predicted octanol–water partition coefficient (Wildman–Crippen LogP) is 1.38. The van der Waals surface area contributed by atoms with E-state index >= 15 is 0 Å². The Hall–Kier alpha value is -2.68. The molecule has 0 saturated carbocycles. The lowest BCUT2D eigenvalue weighted by molar-refractivity contribution is -0.0233. The highest BCUT2D eigenvalue weighted by atomic mass is 16.5. The summed E-state index contributed by atoms with van der Waals surface area (Å²) in [5, 5.41) is 16.1. The van der Waals surface area contributed by atoms with Gasteiger partial charge in [-0.1, -0.05) is 11.2 Å². The number of nitrogens with zero attached hydrogens (tertiary/aromatic N) is 7. The van der Waals surface area contributed by atoms with Gasteiger partial charge in [0.2, 0.25) is 0 Å². The smallest absolute Gasteiger partial charge is 0.167 e. The van der Waals surface area contributed by atoms with E-state index in [9.17, 15) is 5.11 Å². The van der Waals surface area contributed by atoms with E-state index in [1.807, 2.05) is 0 Å². The van der Waals surface area contributed by atoms with E-state index in [2.05, 4.69) is 36.9 Å². The Balaban J connectivity index is 1.92. The van der Waals surface area contributed by atoms with Crippen LogP contribution in [0.25, 0.3) is 21.6 Å². The van der Waals surface area contributed by atoms with Crippen molar-refractivity contribution in [2.45, 2.75) is 24.8 Å². The number of azide groups is 1. The number of anilines is 1. The second-order valence-electron chi connectivity index (χ2n) is 5.04. The highest BCUT2D eigenvalue weighted by molar-refractivity contribution is 5.82. The second kappa shape index (κ2) is 6.61. The molecule has 2 N–H and O–H groups in total. The summed E-state index contributed by atoms with van der Waals surface area (Å²) in [6.07, 6.45) is 4.27. The molecule has 0 amide bonds. The van der Waals surface area contributed by atoms with Crippen molar-refractivity contribution in [2.75, 3.05) is 18.5 Å². The number of hydrogen-bond acceptors (Lipinski definition) is 7. The standard InChI is InChI=1S/C13H16N8O2/c1-2-3-15-12-11-13(17-6-16-12)21(7-18-11)10-4-8(19-20-14)9(5-22)23-10/h2,6-10,22H,1,3-5H2,(H,15,16,17)/t8?,9-,10-/m1/s1. The predicted molar refractivity (Wildman–Crippen MR) is 82.6 cm³/mol. The number of imidazole rings is 1. The number of aliphatic hydroxyl groups is 1. The number of ether oxygens (including phenoxy) is 1. The third-order valence-corrected chi connectivity index (χ3v) is 3.67. The van der Waals surface area contributed by atoms with E-state index in [-0.39, 0.29) is 6.61 Å². The van der Waals surface area contributed by atoms with E-state index in [4.69, 9.17) is 10.3 Å². The fourth-order valence-electron chi connectivity index (χ4n) is 2.60. The topological polar surface area (TPSA) is 134 Å². The van der Waals surface area contributed by atoms with Crippen LogP contribution in [0, 0.1) is 0 Å². The van der Waals surface area contributed by atoms with Crippen LogP contribution in [-0.4, -0.2) is 49.9 Å². The molecular formula is C13H16N8O2. The molecule has 3 rings (SSSR count). The summed E-state index contributed by atoms with van der Waals surface area (Å²) in [4.78, 5) is 15.6. The molecule has 2 aromatic heterocycles. The molecule has 0 aromatic carbocycles. The van der Waals surface area contributed by atoms with Crippen LogP contribution >= 0.6 is 0 Å². The molecule has 1 fully saturated rings. The summed E-state index contributed by atoms with van der Waals surface area (Å²) in [7, 11) is 0. The van der Waals surface area contributed by atoms with Crippen LogP contribution in [0.4, 0.5) is 5.82 Å². The van der Waals surface area contributed by atoms with Crippen LogP contribution in [0.15, 0.2) is 30.4 Å². The van der Waals surface area contributed by atoms with Crippen molar-refractivity contribution in [3.8, 4) is 0 Å². The maximum Gasteiger partial charge on any atom is 0.167 e. The van der Waals surface area contributed by atoms with Gasteiger partial charge in [-0.15, -0.1) is 6.58 Å². The quantitative estimate of drug-likeness (QED) is 0.358. The summed E-state index contributed by atoms with van der Waals surface area (Å²) in [6.45, 7) is 4.00. The summed E-state index contributed by atoms with van der Waals surface area (Å²) < 4.78 is 7.52. The van der Waals surface area contributed by atoms with Crippen LogP contribution < -0.4 is 5.32 Å². The Labute approximate surface area is 131 Å². The van der Waals surface area contributed by atoms with E-state index in [1.54, 1.807) is 17.0 Å². The van der Waals surface area contributed by atoms with E-state index in [1.165, 1.54) is 6.33 Å². The number of nitrogens with one attached hydrogen (secondary N) is 1. The van der Waals surface area contributed by atoms with Gasteiger partial charge in [-0.3, -0.25) is 4.57 Å². The maximum atomic E-state index is 9.35. The average molecular weight is 316 g/mol. The molecule has 0 spiro atoms. The van der Waals surface area contributed by atoms with E-state index in [0.29, 0.717) is 29.9 Å². The zero-order valence-electron chi connectivity index (χ0n) is 12.3. The second-order valence-corrected chi connectivity index (χ2v) is 5.04. The lowest BCUT2D eigenvalue weighted by Gasteiger charge is -2.14. The van der Waals surface area contributed by atoms with Gasteiger partial charge in [0.1, 0.15) is 12.6 Å². The summed E-state index contributed by atoms with van der Waals surface area (Å²) in [5.74, 6) is 0.608. The third kappa shape index (κ3) is 2.82. The molecule has 23 heavy (non-hydrogen) atoms. The number of rotatable bonds is 6. The minimum absolute atomic E-state index is 0.214. The number of aliphatic hydroxyl groups excluding tert-OH is 1. The average Bonchev–Trinajstić information content (AvgIpc) is 3.17. The van der Waals surface area contributed by atoms with Gasteiger partial charge in [-0.05, 0) is 5.53 Å². The number of aromatic nitrogens is 4. The lowest BCUT2D eigenvalue weighted by Crippen LogP contribution is -2.22. The molecular weight excluding hydrogens is 300 g/mol. The largest absolute Gasteiger partial charge is 0.394 e. The molecule has 1 saturated heterocycles. The van der Waals surface area contributed by atoms with E-state index in [0.717, 1.165) is 0 Å². The van der Waals surface area contributed by atoms with Crippen LogP contribution in [0.2, 0.25) is 0 Å². The maximum absolute atomic E-state index is 9.35. The van der Waals surface area contributed by atoms with Gasteiger partial charge in [0.15, 0.2) is 17.0 Å². The molecule has 10 nitrogen and oxygen atoms in total. The summed E-state index contributed by atoms with van der Waals surface area (Å²) >= 11 is 0. The molecule has 1 aliphatic heterocycles. The fraction of sp³-hybridized carbons (Fsp3) is 0.462. The van der Waals surface area contributed by atoms with Crippen LogP contribution in [0.3, 0.4) is 0 Å². The molecule has 10 heteroatoms. The summed E-state index contributed by atoms with van der Waals surface area (Å²) in [6, 6.07) is -0.423. The molecule has 2 aromatic rings. The zero-order valence-corrected chi connectivity index (χ0v) is 12.3. The van der Waals surface area contributed by atoms with Gasteiger partial charge in [-0.2, -0.15) is 0 Å². The Bertz CT molecular complexity index is 754. The van der Waals surface area contributed by atoms with Crippen molar-refractivity contribution in [3.63, 3.8) is 0 Å². The number of hydrogen-bond donors (Lipinski definition) is 2.